The first kappa shape index (κ1) is 14.1. The molecule has 0 saturated heterocycles. The minimum absolute atomic E-state index is 0.431. The van der Waals surface area contributed by atoms with Crippen molar-refractivity contribution in [3.05, 3.63) is 35.4 Å². The third kappa shape index (κ3) is 2.29. The molecule has 2 aliphatic carbocycles. The smallest absolute Gasteiger partial charge is 0.0661 e. The topological polar surface area (TPSA) is 21.3 Å². The molecular weight excluding hydrogens is 246 g/mol. The highest BCUT2D eigenvalue weighted by Gasteiger charge is 2.58. The maximum Gasteiger partial charge on any atom is 0.0661 e. The van der Waals surface area contributed by atoms with Crippen LogP contribution in [0.3, 0.4) is 0 Å². The molecule has 110 valence electrons. The Bertz CT molecular complexity index is 449. The number of ether oxygens (including phenoxy) is 1. The summed E-state index contributed by atoms with van der Waals surface area (Å²) in [5.74, 6) is 0. The second-order valence-corrected chi connectivity index (χ2v) is 6.62. The number of benzene rings is 1. The van der Waals surface area contributed by atoms with Gasteiger partial charge in [-0.15, -0.1) is 0 Å². The predicted octanol–water partition coefficient (Wildman–Crippen LogP) is 3.99. The number of hydrogen-bond donors (Lipinski definition) is 1. The fourth-order valence-electron chi connectivity index (χ4n) is 3.93. The second kappa shape index (κ2) is 5.50. The summed E-state index contributed by atoms with van der Waals surface area (Å²) >= 11 is 0. The van der Waals surface area contributed by atoms with Gasteiger partial charge >= 0.3 is 0 Å². The first-order chi connectivity index (χ1) is 9.65. The van der Waals surface area contributed by atoms with Gasteiger partial charge in [0.15, 0.2) is 0 Å². The van der Waals surface area contributed by atoms with Gasteiger partial charge in [0.25, 0.3) is 0 Å². The van der Waals surface area contributed by atoms with Crippen molar-refractivity contribution in [2.24, 2.45) is 5.41 Å². The van der Waals surface area contributed by atoms with E-state index in [1.165, 1.54) is 36.8 Å². The average molecular weight is 273 g/mol. The van der Waals surface area contributed by atoms with Gasteiger partial charge in [-0.25, -0.2) is 0 Å². The van der Waals surface area contributed by atoms with E-state index in [1.807, 2.05) is 0 Å². The second-order valence-electron chi connectivity index (χ2n) is 6.62. The molecule has 3 atom stereocenters. The van der Waals surface area contributed by atoms with Crippen molar-refractivity contribution < 1.29 is 4.74 Å². The van der Waals surface area contributed by atoms with E-state index in [0.717, 1.165) is 6.61 Å². The van der Waals surface area contributed by atoms with E-state index in [9.17, 15) is 0 Å². The highest BCUT2D eigenvalue weighted by atomic mass is 16.5. The lowest BCUT2D eigenvalue weighted by molar-refractivity contribution is -0.174. The molecule has 2 nitrogen and oxygen atoms in total. The van der Waals surface area contributed by atoms with E-state index in [-0.39, 0.29) is 0 Å². The Labute approximate surface area is 122 Å². The first-order valence-electron chi connectivity index (χ1n) is 8.10. The van der Waals surface area contributed by atoms with Crippen LogP contribution in [-0.2, 0) is 4.74 Å². The fraction of sp³-hybridized carbons (Fsp3) is 0.667. The van der Waals surface area contributed by atoms with Crippen LogP contribution in [0.4, 0.5) is 0 Å². The average Bonchev–Trinajstić information content (AvgIpc) is 2.36. The zero-order valence-electron chi connectivity index (χ0n) is 13.0. The van der Waals surface area contributed by atoms with Gasteiger partial charge in [0, 0.05) is 24.1 Å². The third-order valence-corrected chi connectivity index (χ3v) is 5.47. The lowest BCUT2D eigenvalue weighted by Crippen LogP contribution is -2.67. The minimum atomic E-state index is 0.431. The summed E-state index contributed by atoms with van der Waals surface area (Å²) in [5.41, 5.74) is 3.18. The van der Waals surface area contributed by atoms with Crippen molar-refractivity contribution in [3.8, 4) is 0 Å². The Morgan fingerprint density at radius 3 is 2.55 bits per heavy atom. The van der Waals surface area contributed by atoms with Crippen molar-refractivity contribution in [2.75, 3.05) is 6.61 Å². The number of aryl methyl sites for hydroxylation is 1. The molecule has 0 aromatic heterocycles. The summed E-state index contributed by atoms with van der Waals surface area (Å²) in [5, 5.41) is 3.85. The van der Waals surface area contributed by atoms with Crippen molar-refractivity contribution in [1.29, 1.82) is 0 Å². The SMILES string of the molecule is CCOC1CC(N[C@H](C)c2ccc(C)cc2)C12CCC2. The van der Waals surface area contributed by atoms with Crippen LogP contribution in [0.2, 0.25) is 0 Å². The van der Waals surface area contributed by atoms with Crippen LogP contribution in [0, 0.1) is 12.3 Å². The molecule has 0 amide bonds. The number of rotatable bonds is 5. The molecule has 2 aliphatic rings. The van der Waals surface area contributed by atoms with Crippen LogP contribution in [0.5, 0.6) is 0 Å². The van der Waals surface area contributed by atoms with E-state index in [1.54, 1.807) is 0 Å². The van der Waals surface area contributed by atoms with Crippen LogP contribution in [0.1, 0.15) is 56.7 Å². The molecule has 0 aliphatic heterocycles. The van der Waals surface area contributed by atoms with Gasteiger partial charge in [-0.2, -0.15) is 0 Å². The number of nitrogens with one attached hydrogen (secondary N) is 1. The molecular formula is C18H27NO. The van der Waals surface area contributed by atoms with E-state index in [0.29, 0.717) is 23.6 Å². The standard InChI is InChI=1S/C18H27NO/c1-4-20-17-12-16(18(17)10-5-11-18)19-14(3)15-8-6-13(2)7-9-15/h6-9,14,16-17,19H,4-5,10-12H2,1-3H3/t14-,16?,17?/m1/s1. The zero-order chi connectivity index (χ0) is 14.2. The summed E-state index contributed by atoms with van der Waals surface area (Å²) in [7, 11) is 0. The maximum absolute atomic E-state index is 5.93. The molecule has 1 N–H and O–H groups in total. The van der Waals surface area contributed by atoms with Crippen LogP contribution in [-0.4, -0.2) is 18.8 Å². The molecule has 0 heterocycles. The zero-order valence-corrected chi connectivity index (χ0v) is 13.0. The third-order valence-electron chi connectivity index (χ3n) is 5.47. The Morgan fingerprint density at radius 2 is 2.00 bits per heavy atom. The van der Waals surface area contributed by atoms with Gasteiger partial charge in [-0.05, 0) is 45.6 Å². The maximum atomic E-state index is 5.93. The normalized spacial score (nSPS) is 28.8. The van der Waals surface area contributed by atoms with Crippen LogP contribution in [0.15, 0.2) is 24.3 Å². The van der Waals surface area contributed by atoms with Crippen molar-refractivity contribution in [3.63, 3.8) is 0 Å². The first-order valence-corrected chi connectivity index (χ1v) is 8.10. The molecule has 0 bridgehead atoms. The van der Waals surface area contributed by atoms with E-state index in [2.05, 4.69) is 50.4 Å². The molecule has 2 heteroatoms. The Balaban J connectivity index is 1.62. The summed E-state index contributed by atoms with van der Waals surface area (Å²) in [6, 6.07) is 9.98. The van der Waals surface area contributed by atoms with E-state index < -0.39 is 0 Å². The minimum Gasteiger partial charge on any atom is -0.378 e. The van der Waals surface area contributed by atoms with Gasteiger partial charge in [-0.1, -0.05) is 36.2 Å². The highest BCUT2D eigenvalue weighted by Crippen LogP contribution is 2.57. The fourth-order valence-corrected chi connectivity index (χ4v) is 3.93. The van der Waals surface area contributed by atoms with Crippen LogP contribution < -0.4 is 5.32 Å². The molecule has 20 heavy (non-hydrogen) atoms. The summed E-state index contributed by atoms with van der Waals surface area (Å²) in [6.45, 7) is 7.39. The molecule has 1 aromatic rings. The van der Waals surface area contributed by atoms with Crippen molar-refractivity contribution >= 4 is 0 Å². The summed E-state index contributed by atoms with van der Waals surface area (Å²) in [4.78, 5) is 0. The Morgan fingerprint density at radius 1 is 1.30 bits per heavy atom. The van der Waals surface area contributed by atoms with E-state index in [4.69, 9.17) is 4.74 Å². The molecule has 0 radical (unpaired) electrons. The van der Waals surface area contributed by atoms with Crippen LogP contribution >= 0.6 is 0 Å². The van der Waals surface area contributed by atoms with Crippen molar-refractivity contribution in [1.82, 2.24) is 5.32 Å². The molecule has 2 saturated carbocycles. The Hall–Kier alpha value is -0.860. The summed E-state index contributed by atoms with van der Waals surface area (Å²) < 4.78 is 5.93. The van der Waals surface area contributed by atoms with Gasteiger partial charge in [0.2, 0.25) is 0 Å². The lowest BCUT2D eigenvalue weighted by Gasteiger charge is -2.61. The monoisotopic (exact) mass is 273 g/mol. The largest absolute Gasteiger partial charge is 0.378 e. The van der Waals surface area contributed by atoms with Gasteiger partial charge in [-0.3, -0.25) is 0 Å². The molecule has 2 unspecified atom stereocenters. The number of hydrogen-bond acceptors (Lipinski definition) is 2. The molecule has 1 aromatic carbocycles. The van der Waals surface area contributed by atoms with Gasteiger partial charge in [0.05, 0.1) is 6.10 Å². The Kier molecular flexibility index (Phi) is 3.87. The summed E-state index contributed by atoms with van der Waals surface area (Å²) in [6.07, 6.45) is 5.75. The van der Waals surface area contributed by atoms with Crippen molar-refractivity contribution in [2.45, 2.75) is 64.6 Å². The highest BCUT2D eigenvalue weighted by molar-refractivity contribution is 5.24. The lowest BCUT2D eigenvalue weighted by atomic mass is 9.51. The van der Waals surface area contributed by atoms with E-state index >= 15 is 0 Å². The molecule has 3 rings (SSSR count). The molecule has 1 spiro atoms. The molecule has 2 fully saturated rings. The van der Waals surface area contributed by atoms with Gasteiger partial charge in [0.1, 0.15) is 0 Å². The quantitative estimate of drug-likeness (QED) is 0.875. The van der Waals surface area contributed by atoms with Gasteiger partial charge < -0.3 is 10.1 Å². The predicted molar refractivity (Wildman–Crippen MR) is 82.8 cm³/mol. The van der Waals surface area contributed by atoms with Crippen LogP contribution in [0.25, 0.3) is 0 Å².